The highest BCUT2D eigenvalue weighted by atomic mass is 35.5. The molecular formula is C16H22ClFN4O2S. The number of rotatable bonds is 4. The maximum absolute atomic E-state index is 13.6. The van der Waals surface area contributed by atoms with Crippen LogP contribution in [0.5, 0.6) is 0 Å². The molecule has 0 amide bonds. The van der Waals surface area contributed by atoms with Crippen LogP contribution in [0.3, 0.4) is 0 Å². The van der Waals surface area contributed by atoms with Crippen LogP contribution in [-0.2, 0) is 10.0 Å². The third kappa shape index (κ3) is 4.03. The van der Waals surface area contributed by atoms with Crippen LogP contribution < -0.4 is 5.32 Å². The number of sulfonamides is 1. The van der Waals surface area contributed by atoms with E-state index in [0.29, 0.717) is 25.2 Å². The molecule has 0 radical (unpaired) electrons. The molecule has 3 rings (SSSR count). The van der Waals surface area contributed by atoms with E-state index < -0.39 is 16.1 Å². The second kappa shape index (κ2) is 7.82. The first-order valence-electron chi connectivity index (χ1n) is 7.92. The van der Waals surface area contributed by atoms with Crippen molar-refractivity contribution < 1.29 is 12.8 Å². The summed E-state index contributed by atoms with van der Waals surface area (Å²) in [5.74, 6) is -0.372. The molecule has 2 heterocycles. The third-order valence-electron chi connectivity index (χ3n) is 4.14. The van der Waals surface area contributed by atoms with Crippen molar-refractivity contribution in [3.8, 4) is 0 Å². The number of piperazine rings is 1. The van der Waals surface area contributed by atoms with Gasteiger partial charge in [0.25, 0.3) is 0 Å². The Kier molecular flexibility index (Phi) is 6.21. The molecule has 1 aliphatic rings. The predicted octanol–water partition coefficient (Wildman–Crippen LogP) is 2.36. The molecule has 1 aliphatic heterocycles. The van der Waals surface area contributed by atoms with Gasteiger partial charge in [0.05, 0.1) is 12.2 Å². The predicted molar refractivity (Wildman–Crippen MR) is 95.8 cm³/mol. The van der Waals surface area contributed by atoms with Crippen LogP contribution in [0.25, 0.3) is 0 Å². The van der Waals surface area contributed by atoms with Gasteiger partial charge in [0.1, 0.15) is 10.7 Å². The van der Waals surface area contributed by atoms with Gasteiger partial charge < -0.3 is 5.32 Å². The number of hydrogen-bond donors (Lipinski definition) is 1. The molecule has 0 saturated carbocycles. The van der Waals surface area contributed by atoms with E-state index >= 15 is 0 Å². The summed E-state index contributed by atoms with van der Waals surface area (Å²) in [6, 6.07) is 5.72. The molecule has 1 aromatic carbocycles. The fourth-order valence-corrected chi connectivity index (χ4v) is 4.40. The summed E-state index contributed by atoms with van der Waals surface area (Å²) in [6.45, 7) is 5.20. The molecule has 0 aliphatic carbocycles. The Bertz CT molecular complexity index is 825. The van der Waals surface area contributed by atoms with Crippen molar-refractivity contribution >= 4 is 22.4 Å². The molecule has 1 aromatic heterocycles. The van der Waals surface area contributed by atoms with Crippen LogP contribution in [0.1, 0.15) is 31.5 Å². The van der Waals surface area contributed by atoms with Crippen LogP contribution in [0.15, 0.2) is 41.6 Å². The van der Waals surface area contributed by atoms with Gasteiger partial charge in [-0.3, -0.25) is 4.68 Å². The molecular weight excluding hydrogens is 367 g/mol. The zero-order valence-corrected chi connectivity index (χ0v) is 15.7. The number of nitrogens with zero attached hydrogens (tertiary/aromatic N) is 3. The standard InChI is InChI=1S/C16H21FN4O2S.ClH/c1-12(2)20-11-15(9-19-20)24(22,23)21-7-6-18-10-16(21)13-4-3-5-14(17)8-13;/h3-5,8-9,11-12,16,18H,6-7,10H2,1-2H3;1H. The number of benzene rings is 1. The lowest BCUT2D eigenvalue weighted by Gasteiger charge is -2.35. The molecule has 138 valence electrons. The highest BCUT2D eigenvalue weighted by Gasteiger charge is 2.35. The monoisotopic (exact) mass is 388 g/mol. The van der Waals surface area contributed by atoms with Gasteiger partial charge in [0.15, 0.2) is 0 Å². The van der Waals surface area contributed by atoms with Crippen molar-refractivity contribution in [1.29, 1.82) is 0 Å². The molecule has 9 heteroatoms. The summed E-state index contributed by atoms with van der Waals surface area (Å²) in [5.41, 5.74) is 0.641. The Hall–Kier alpha value is -1.48. The largest absolute Gasteiger partial charge is 0.313 e. The summed E-state index contributed by atoms with van der Waals surface area (Å²) >= 11 is 0. The molecule has 1 unspecified atom stereocenters. The molecule has 25 heavy (non-hydrogen) atoms. The van der Waals surface area contributed by atoms with Crippen molar-refractivity contribution in [2.45, 2.75) is 30.8 Å². The summed E-state index contributed by atoms with van der Waals surface area (Å²) < 4.78 is 42.7. The van der Waals surface area contributed by atoms with Gasteiger partial charge in [-0.15, -0.1) is 12.4 Å². The molecule has 1 fully saturated rings. The molecule has 1 atom stereocenters. The van der Waals surface area contributed by atoms with Gasteiger partial charge >= 0.3 is 0 Å². The zero-order valence-electron chi connectivity index (χ0n) is 14.1. The van der Waals surface area contributed by atoms with E-state index in [2.05, 4.69) is 10.4 Å². The highest BCUT2D eigenvalue weighted by molar-refractivity contribution is 7.89. The Balaban J connectivity index is 0.00000225. The summed E-state index contributed by atoms with van der Waals surface area (Å²) in [5, 5.41) is 7.30. The van der Waals surface area contributed by atoms with Gasteiger partial charge in [-0.1, -0.05) is 12.1 Å². The second-order valence-corrected chi connectivity index (χ2v) is 8.03. The lowest BCUT2D eigenvalue weighted by Crippen LogP contribution is -2.48. The summed E-state index contributed by atoms with van der Waals surface area (Å²) in [6.07, 6.45) is 2.92. The average Bonchev–Trinajstić information content (AvgIpc) is 3.06. The second-order valence-electron chi connectivity index (χ2n) is 6.14. The van der Waals surface area contributed by atoms with Crippen LogP contribution in [-0.4, -0.2) is 42.1 Å². The summed E-state index contributed by atoms with van der Waals surface area (Å²) in [4.78, 5) is 0.166. The van der Waals surface area contributed by atoms with Crippen molar-refractivity contribution in [3.05, 3.63) is 48.0 Å². The van der Waals surface area contributed by atoms with Gasteiger partial charge in [-0.25, -0.2) is 12.8 Å². The van der Waals surface area contributed by atoms with E-state index in [4.69, 9.17) is 0 Å². The Labute approximate surface area is 153 Å². The number of aromatic nitrogens is 2. The van der Waals surface area contributed by atoms with Crippen molar-refractivity contribution in [2.75, 3.05) is 19.6 Å². The van der Waals surface area contributed by atoms with E-state index in [1.54, 1.807) is 23.0 Å². The first-order chi connectivity index (χ1) is 11.4. The van der Waals surface area contributed by atoms with Crippen LogP contribution in [0.4, 0.5) is 4.39 Å². The van der Waals surface area contributed by atoms with E-state index in [1.807, 2.05) is 13.8 Å². The molecule has 6 nitrogen and oxygen atoms in total. The van der Waals surface area contributed by atoms with E-state index in [9.17, 15) is 12.8 Å². The maximum Gasteiger partial charge on any atom is 0.246 e. The average molecular weight is 389 g/mol. The number of halogens is 2. The Morgan fingerprint density at radius 1 is 1.36 bits per heavy atom. The van der Waals surface area contributed by atoms with Crippen LogP contribution in [0.2, 0.25) is 0 Å². The van der Waals surface area contributed by atoms with Gasteiger partial charge in [-0.2, -0.15) is 9.40 Å². The molecule has 0 spiro atoms. The summed E-state index contributed by atoms with van der Waals surface area (Å²) in [7, 11) is -3.70. The lowest BCUT2D eigenvalue weighted by atomic mass is 10.1. The minimum atomic E-state index is -3.70. The molecule has 1 saturated heterocycles. The Morgan fingerprint density at radius 3 is 2.76 bits per heavy atom. The van der Waals surface area contributed by atoms with Crippen LogP contribution >= 0.6 is 12.4 Å². The number of hydrogen-bond acceptors (Lipinski definition) is 4. The SMILES string of the molecule is CC(C)n1cc(S(=O)(=O)N2CCNCC2c2cccc(F)c2)cn1.Cl. The quantitative estimate of drug-likeness (QED) is 0.873. The molecule has 0 bridgehead atoms. The topological polar surface area (TPSA) is 67.2 Å². The van der Waals surface area contributed by atoms with Crippen molar-refractivity contribution in [1.82, 2.24) is 19.4 Å². The Morgan fingerprint density at radius 2 is 2.12 bits per heavy atom. The van der Waals surface area contributed by atoms with Gasteiger partial charge in [-0.05, 0) is 31.5 Å². The van der Waals surface area contributed by atoms with E-state index in [1.165, 1.54) is 22.6 Å². The van der Waals surface area contributed by atoms with E-state index in [0.717, 1.165) is 0 Å². The van der Waals surface area contributed by atoms with Gasteiger partial charge in [0.2, 0.25) is 10.0 Å². The first-order valence-corrected chi connectivity index (χ1v) is 9.36. The van der Waals surface area contributed by atoms with Crippen LogP contribution in [0, 0.1) is 5.82 Å². The normalized spacial score (nSPS) is 19.0. The maximum atomic E-state index is 13.6. The number of nitrogens with one attached hydrogen (secondary N) is 1. The fraction of sp³-hybridized carbons (Fsp3) is 0.438. The van der Waals surface area contributed by atoms with E-state index in [-0.39, 0.29) is 29.2 Å². The first kappa shape index (κ1) is 19.8. The molecule has 1 N–H and O–H groups in total. The zero-order chi connectivity index (χ0) is 17.3. The minimum absolute atomic E-state index is 0. The van der Waals surface area contributed by atoms with Gasteiger partial charge in [0, 0.05) is 31.9 Å². The highest BCUT2D eigenvalue weighted by Crippen LogP contribution is 2.29. The smallest absolute Gasteiger partial charge is 0.246 e. The van der Waals surface area contributed by atoms with Crippen molar-refractivity contribution in [3.63, 3.8) is 0 Å². The lowest BCUT2D eigenvalue weighted by molar-refractivity contribution is 0.271. The van der Waals surface area contributed by atoms with Crippen molar-refractivity contribution in [2.24, 2.45) is 0 Å². The minimum Gasteiger partial charge on any atom is -0.313 e. The molecule has 2 aromatic rings. The third-order valence-corrected chi connectivity index (χ3v) is 6.00. The fourth-order valence-electron chi connectivity index (χ4n) is 2.84.